The lowest BCUT2D eigenvalue weighted by Crippen LogP contribution is -2.35. The predicted molar refractivity (Wildman–Crippen MR) is 78.4 cm³/mol. The molecule has 0 amide bonds. The zero-order chi connectivity index (χ0) is 13.1. The molecular weight excluding hydrogens is 256 g/mol. The summed E-state index contributed by atoms with van der Waals surface area (Å²) in [5, 5.41) is 10.6. The van der Waals surface area contributed by atoms with Crippen LogP contribution in [0, 0.1) is 5.92 Å². The van der Waals surface area contributed by atoms with Crippen LogP contribution in [0.25, 0.3) is 10.7 Å². The van der Waals surface area contributed by atoms with Crippen molar-refractivity contribution in [2.45, 2.75) is 26.2 Å². The van der Waals surface area contributed by atoms with Gasteiger partial charge in [0.15, 0.2) is 5.01 Å². The van der Waals surface area contributed by atoms with E-state index in [0.29, 0.717) is 0 Å². The molecule has 19 heavy (non-hydrogen) atoms. The lowest BCUT2D eigenvalue weighted by atomic mass is 9.96. The van der Waals surface area contributed by atoms with Crippen LogP contribution >= 0.6 is 11.3 Å². The second-order valence-corrected chi connectivity index (χ2v) is 5.92. The van der Waals surface area contributed by atoms with Crippen molar-refractivity contribution in [2.24, 2.45) is 5.92 Å². The quantitative estimate of drug-likeness (QED) is 0.861. The summed E-state index contributed by atoms with van der Waals surface area (Å²) in [7, 11) is 0. The third-order valence-corrected chi connectivity index (χ3v) is 4.67. The Bertz CT molecular complexity index is 525. The number of nitrogens with zero attached hydrogens (tertiary/aromatic N) is 4. The van der Waals surface area contributed by atoms with Crippen molar-refractivity contribution >= 4 is 16.5 Å². The molecular formula is C14H18N4S. The van der Waals surface area contributed by atoms with Gasteiger partial charge < -0.3 is 4.90 Å². The fraction of sp³-hybridized carbons (Fsp3) is 0.500. The first-order valence-electron chi connectivity index (χ1n) is 6.86. The standard InChI is InChI=1S/C14H18N4S/c1-2-11-6-5-9-18(10-11)14-17-16-13(19-14)12-7-3-4-8-15-12/h3-4,7-8,11H,2,5-6,9-10H2,1H3. The number of piperidine rings is 1. The number of rotatable bonds is 3. The van der Waals surface area contributed by atoms with Gasteiger partial charge in [-0.1, -0.05) is 30.7 Å². The summed E-state index contributed by atoms with van der Waals surface area (Å²) in [6.45, 7) is 4.49. The smallest absolute Gasteiger partial charge is 0.208 e. The Kier molecular flexibility index (Phi) is 3.73. The Labute approximate surface area is 117 Å². The first kappa shape index (κ1) is 12.5. The van der Waals surface area contributed by atoms with Crippen molar-refractivity contribution in [3.8, 4) is 10.7 Å². The van der Waals surface area contributed by atoms with Gasteiger partial charge in [0.1, 0.15) is 5.69 Å². The van der Waals surface area contributed by atoms with E-state index in [-0.39, 0.29) is 0 Å². The fourth-order valence-electron chi connectivity index (χ4n) is 2.51. The monoisotopic (exact) mass is 274 g/mol. The molecule has 100 valence electrons. The zero-order valence-electron chi connectivity index (χ0n) is 11.1. The van der Waals surface area contributed by atoms with Gasteiger partial charge in [-0.05, 0) is 30.9 Å². The van der Waals surface area contributed by atoms with Crippen LogP contribution in [0.15, 0.2) is 24.4 Å². The molecule has 0 spiro atoms. The van der Waals surface area contributed by atoms with Crippen LogP contribution in [0.5, 0.6) is 0 Å². The Hall–Kier alpha value is -1.49. The van der Waals surface area contributed by atoms with Crippen LogP contribution in [-0.2, 0) is 0 Å². The molecule has 4 nitrogen and oxygen atoms in total. The van der Waals surface area contributed by atoms with Crippen molar-refractivity contribution < 1.29 is 0 Å². The first-order valence-corrected chi connectivity index (χ1v) is 7.68. The van der Waals surface area contributed by atoms with Gasteiger partial charge in [0.2, 0.25) is 5.13 Å². The average molecular weight is 274 g/mol. The summed E-state index contributed by atoms with van der Waals surface area (Å²) in [4.78, 5) is 6.70. The highest BCUT2D eigenvalue weighted by atomic mass is 32.1. The number of anilines is 1. The number of hydrogen-bond donors (Lipinski definition) is 0. The number of aromatic nitrogens is 3. The first-order chi connectivity index (χ1) is 9.36. The van der Waals surface area contributed by atoms with E-state index in [1.807, 2.05) is 18.2 Å². The van der Waals surface area contributed by atoms with Crippen molar-refractivity contribution in [3.63, 3.8) is 0 Å². The van der Waals surface area contributed by atoms with E-state index in [1.54, 1.807) is 17.5 Å². The van der Waals surface area contributed by atoms with Crippen molar-refractivity contribution in [3.05, 3.63) is 24.4 Å². The lowest BCUT2D eigenvalue weighted by Gasteiger charge is -2.31. The largest absolute Gasteiger partial charge is 0.346 e. The maximum absolute atomic E-state index is 4.34. The Morgan fingerprint density at radius 2 is 2.32 bits per heavy atom. The topological polar surface area (TPSA) is 41.9 Å². The molecule has 5 heteroatoms. The third kappa shape index (κ3) is 2.76. The normalized spacial score (nSPS) is 19.6. The van der Waals surface area contributed by atoms with Gasteiger partial charge in [0.25, 0.3) is 0 Å². The summed E-state index contributed by atoms with van der Waals surface area (Å²) in [5.74, 6) is 0.802. The molecule has 0 aromatic carbocycles. The molecule has 1 aliphatic rings. The fourth-order valence-corrected chi connectivity index (χ4v) is 3.36. The van der Waals surface area contributed by atoms with Crippen LogP contribution in [0.1, 0.15) is 26.2 Å². The van der Waals surface area contributed by atoms with Crippen molar-refractivity contribution in [2.75, 3.05) is 18.0 Å². The number of hydrogen-bond acceptors (Lipinski definition) is 5. The van der Waals surface area contributed by atoms with Crippen LogP contribution in [0.2, 0.25) is 0 Å². The van der Waals surface area contributed by atoms with Gasteiger partial charge >= 0.3 is 0 Å². The van der Waals surface area contributed by atoms with E-state index in [2.05, 4.69) is 27.0 Å². The highest BCUT2D eigenvalue weighted by molar-refractivity contribution is 7.18. The zero-order valence-corrected chi connectivity index (χ0v) is 11.9. The van der Waals surface area contributed by atoms with Crippen LogP contribution in [0.3, 0.4) is 0 Å². The second-order valence-electron chi connectivity index (χ2n) is 4.97. The minimum absolute atomic E-state index is 0.802. The summed E-state index contributed by atoms with van der Waals surface area (Å²) in [6, 6.07) is 5.88. The van der Waals surface area contributed by atoms with E-state index >= 15 is 0 Å². The molecule has 2 aromatic heterocycles. The summed E-state index contributed by atoms with van der Waals surface area (Å²) >= 11 is 1.65. The van der Waals surface area contributed by atoms with Gasteiger partial charge in [-0.25, -0.2) is 0 Å². The molecule has 3 heterocycles. The van der Waals surface area contributed by atoms with E-state index in [0.717, 1.165) is 34.8 Å². The maximum atomic E-state index is 4.34. The molecule has 0 radical (unpaired) electrons. The third-order valence-electron chi connectivity index (χ3n) is 3.67. The van der Waals surface area contributed by atoms with Crippen molar-refractivity contribution in [1.82, 2.24) is 15.2 Å². The highest BCUT2D eigenvalue weighted by Crippen LogP contribution is 2.30. The molecule has 0 bridgehead atoms. The summed E-state index contributed by atoms with van der Waals surface area (Å²) in [5.41, 5.74) is 0.912. The molecule has 0 saturated carbocycles. The molecule has 3 rings (SSSR count). The Morgan fingerprint density at radius 1 is 1.37 bits per heavy atom. The Balaban J connectivity index is 1.78. The average Bonchev–Trinajstić information content (AvgIpc) is 2.98. The highest BCUT2D eigenvalue weighted by Gasteiger charge is 2.21. The predicted octanol–water partition coefficient (Wildman–Crippen LogP) is 3.23. The van der Waals surface area contributed by atoms with E-state index in [4.69, 9.17) is 0 Å². The molecule has 1 aliphatic heterocycles. The SMILES string of the molecule is CCC1CCCN(c2nnc(-c3ccccn3)s2)C1. The van der Waals surface area contributed by atoms with Crippen molar-refractivity contribution in [1.29, 1.82) is 0 Å². The van der Waals surface area contributed by atoms with Crippen LogP contribution in [-0.4, -0.2) is 28.3 Å². The van der Waals surface area contributed by atoms with E-state index in [9.17, 15) is 0 Å². The van der Waals surface area contributed by atoms with E-state index in [1.165, 1.54) is 19.3 Å². The molecule has 0 aliphatic carbocycles. The summed E-state index contributed by atoms with van der Waals surface area (Å²) < 4.78 is 0. The van der Waals surface area contributed by atoms with Crippen LogP contribution in [0.4, 0.5) is 5.13 Å². The molecule has 1 fully saturated rings. The molecule has 1 unspecified atom stereocenters. The van der Waals surface area contributed by atoms with Gasteiger partial charge in [0, 0.05) is 19.3 Å². The number of pyridine rings is 1. The van der Waals surface area contributed by atoms with Gasteiger partial charge in [0.05, 0.1) is 0 Å². The van der Waals surface area contributed by atoms with Gasteiger partial charge in [-0.15, -0.1) is 10.2 Å². The Morgan fingerprint density at radius 3 is 3.11 bits per heavy atom. The minimum atomic E-state index is 0.802. The molecule has 1 atom stereocenters. The van der Waals surface area contributed by atoms with Gasteiger partial charge in [-0.3, -0.25) is 4.98 Å². The summed E-state index contributed by atoms with van der Waals surface area (Å²) in [6.07, 6.45) is 5.66. The van der Waals surface area contributed by atoms with Gasteiger partial charge in [-0.2, -0.15) is 0 Å². The van der Waals surface area contributed by atoms with E-state index < -0.39 is 0 Å². The maximum Gasteiger partial charge on any atom is 0.208 e. The second kappa shape index (κ2) is 5.65. The molecule has 0 N–H and O–H groups in total. The molecule has 2 aromatic rings. The van der Waals surface area contributed by atoms with Crippen LogP contribution < -0.4 is 4.90 Å². The lowest BCUT2D eigenvalue weighted by molar-refractivity contribution is 0.404. The minimum Gasteiger partial charge on any atom is -0.346 e. The molecule has 1 saturated heterocycles.